The largest absolute Gasteiger partial charge is 0.444 e. The molecule has 1 rings (SSSR count). The Bertz CT molecular complexity index is 444. The van der Waals surface area contributed by atoms with Gasteiger partial charge in [0.1, 0.15) is 5.60 Å². The molecule has 1 fully saturated rings. The number of nitrogens with zero attached hydrogens (tertiary/aromatic N) is 2. The number of ether oxygens (including phenoxy) is 1. The van der Waals surface area contributed by atoms with Crippen LogP contribution in [0, 0.1) is 5.41 Å². The number of aliphatic imine (C=N–C) groups is 1. The average Bonchev–Trinajstić information content (AvgIpc) is 2.89. The van der Waals surface area contributed by atoms with E-state index in [4.69, 9.17) is 4.74 Å². The molecule has 7 heteroatoms. The Hall–Kier alpha value is -1.50. The van der Waals surface area contributed by atoms with E-state index in [1.165, 1.54) is 0 Å². The van der Waals surface area contributed by atoms with E-state index in [2.05, 4.69) is 20.5 Å². The molecule has 140 valence electrons. The van der Waals surface area contributed by atoms with Crippen molar-refractivity contribution in [3.63, 3.8) is 0 Å². The van der Waals surface area contributed by atoms with E-state index in [9.17, 15) is 9.90 Å². The van der Waals surface area contributed by atoms with Crippen molar-refractivity contribution in [2.45, 2.75) is 59.6 Å². The Morgan fingerprint density at radius 2 is 2.00 bits per heavy atom. The summed E-state index contributed by atoms with van der Waals surface area (Å²) in [7, 11) is 0. The molecular weight excluding hydrogens is 308 g/mol. The van der Waals surface area contributed by atoms with Gasteiger partial charge < -0.3 is 25.4 Å². The smallest absolute Gasteiger partial charge is 0.407 e. The molecule has 1 atom stereocenters. The van der Waals surface area contributed by atoms with Gasteiger partial charge in [-0.05, 0) is 34.1 Å². The van der Waals surface area contributed by atoms with Gasteiger partial charge in [-0.1, -0.05) is 13.8 Å². The molecular formula is C17H34N4O3. The molecule has 0 aromatic carbocycles. The van der Waals surface area contributed by atoms with Gasteiger partial charge in [0.15, 0.2) is 5.96 Å². The summed E-state index contributed by atoms with van der Waals surface area (Å²) in [6.45, 7) is 14.5. The zero-order valence-corrected chi connectivity index (χ0v) is 16.0. The fraction of sp³-hybridized carbons (Fsp3) is 0.882. The van der Waals surface area contributed by atoms with Gasteiger partial charge in [-0.25, -0.2) is 4.79 Å². The van der Waals surface area contributed by atoms with Gasteiger partial charge in [-0.2, -0.15) is 0 Å². The number of nitrogens with one attached hydrogen (secondary N) is 2. The first kappa shape index (κ1) is 20.5. The van der Waals surface area contributed by atoms with Gasteiger partial charge in [0, 0.05) is 31.7 Å². The van der Waals surface area contributed by atoms with Crippen molar-refractivity contribution in [1.29, 1.82) is 0 Å². The third-order valence-electron chi connectivity index (χ3n) is 3.63. The van der Waals surface area contributed by atoms with E-state index in [-0.39, 0.29) is 24.2 Å². The lowest BCUT2D eigenvalue weighted by Gasteiger charge is -2.25. The molecule has 1 saturated heterocycles. The van der Waals surface area contributed by atoms with Crippen LogP contribution in [0.25, 0.3) is 0 Å². The van der Waals surface area contributed by atoms with Crippen LogP contribution >= 0.6 is 0 Å². The third kappa shape index (κ3) is 7.38. The van der Waals surface area contributed by atoms with Gasteiger partial charge >= 0.3 is 6.09 Å². The van der Waals surface area contributed by atoms with Crippen molar-refractivity contribution in [1.82, 2.24) is 15.5 Å². The molecule has 0 aromatic heterocycles. The fourth-order valence-corrected chi connectivity index (χ4v) is 2.31. The number of hydrogen-bond donors (Lipinski definition) is 3. The van der Waals surface area contributed by atoms with Gasteiger partial charge in [0.05, 0.1) is 12.6 Å². The number of aliphatic hydroxyl groups is 1. The topological polar surface area (TPSA) is 86.2 Å². The Kier molecular flexibility index (Phi) is 7.32. The van der Waals surface area contributed by atoms with Crippen LogP contribution in [0.5, 0.6) is 0 Å². The van der Waals surface area contributed by atoms with Crippen molar-refractivity contribution in [3.8, 4) is 0 Å². The number of carbonyl (C=O) groups is 1. The van der Waals surface area contributed by atoms with Crippen molar-refractivity contribution in [3.05, 3.63) is 0 Å². The van der Waals surface area contributed by atoms with Crippen molar-refractivity contribution < 1.29 is 14.6 Å². The molecule has 0 spiro atoms. The van der Waals surface area contributed by atoms with Crippen LogP contribution in [-0.4, -0.2) is 66.5 Å². The van der Waals surface area contributed by atoms with Gasteiger partial charge in [-0.3, -0.25) is 4.99 Å². The van der Waals surface area contributed by atoms with Crippen LogP contribution in [-0.2, 0) is 4.74 Å². The number of amides is 1. The molecule has 0 aromatic rings. The Balaban J connectivity index is 2.60. The Morgan fingerprint density at radius 1 is 1.33 bits per heavy atom. The molecule has 0 aliphatic carbocycles. The predicted molar refractivity (Wildman–Crippen MR) is 96.2 cm³/mol. The van der Waals surface area contributed by atoms with Crippen LogP contribution in [0.1, 0.15) is 48.0 Å². The number of guanidine groups is 1. The lowest BCUT2D eigenvalue weighted by Crippen LogP contribution is -2.44. The lowest BCUT2D eigenvalue weighted by atomic mass is 9.95. The maximum atomic E-state index is 11.9. The summed E-state index contributed by atoms with van der Waals surface area (Å²) < 4.78 is 5.31. The second kappa shape index (κ2) is 8.55. The SMILES string of the molecule is CCNC(=NCC(C)(C)CO)N1CC[C@@H](NC(=O)OC(C)(C)C)C1. The molecule has 0 bridgehead atoms. The molecule has 3 N–H and O–H groups in total. The first-order chi connectivity index (χ1) is 11.1. The van der Waals surface area contributed by atoms with E-state index in [0.29, 0.717) is 13.1 Å². The number of alkyl carbamates (subject to hydrolysis) is 1. The summed E-state index contributed by atoms with van der Waals surface area (Å²) >= 11 is 0. The minimum Gasteiger partial charge on any atom is -0.444 e. The molecule has 7 nitrogen and oxygen atoms in total. The van der Waals surface area contributed by atoms with Gasteiger partial charge in [0.25, 0.3) is 0 Å². The first-order valence-corrected chi connectivity index (χ1v) is 8.70. The Labute approximate surface area is 145 Å². The van der Waals surface area contributed by atoms with Crippen molar-refractivity contribution in [2.24, 2.45) is 10.4 Å². The second-order valence-electron chi connectivity index (χ2n) is 8.07. The molecule has 1 aliphatic rings. The second-order valence-corrected chi connectivity index (χ2v) is 8.07. The first-order valence-electron chi connectivity index (χ1n) is 8.70. The zero-order valence-electron chi connectivity index (χ0n) is 16.0. The van der Waals surface area contributed by atoms with E-state index >= 15 is 0 Å². The minimum absolute atomic E-state index is 0.0505. The van der Waals surface area contributed by atoms with E-state index in [0.717, 1.165) is 25.5 Å². The van der Waals surface area contributed by atoms with Crippen LogP contribution < -0.4 is 10.6 Å². The maximum absolute atomic E-state index is 11.9. The highest BCUT2D eigenvalue weighted by molar-refractivity contribution is 5.80. The monoisotopic (exact) mass is 342 g/mol. The Morgan fingerprint density at radius 3 is 2.54 bits per heavy atom. The molecule has 0 unspecified atom stereocenters. The van der Waals surface area contributed by atoms with Gasteiger partial charge in [0.2, 0.25) is 0 Å². The molecule has 0 radical (unpaired) electrons. The van der Waals surface area contributed by atoms with E-state index < -0.39 is 5.60 Å². The highest BCUT2D eigenvalue weighted by atomic mass is 16.6. The highest BCUT2D eigenvalue weighted by Gasteiger charge is 2.28. The lowest BCUT2D eigenvalue weighted by molar-refractivity contribution is 0.0507. The zero-order chi connectivity index (χ0) is 18.4. The third-order valence-corrected chi connectivity index (χ3v) is 3.63. The summed E-state index contributed by atoms with van der Waals surface area (Å²) in [5.74, 6) is 0.826. The minimum atomic E-state index is -0.491. The quantitative estimate of drug-likeness (QED) is 0.521. The van der Waals surface area contributed by atoms with Crippen LogP contribution in [0.4, 0.5) is 4.79 Å². The number of likely N-dealkylation sites (tertiary alicyclic amines) is 1. The normalized spacial score (nSPS) is 19.4. The van der Waals surface area contributed by atoms with Crippen LogP contribution in [0.2, 0.25) is 0 Å². The molecule has 1 heterocycles. The molecule has 0 saturated carbocycles. The van der Waals surface area contributed by atoms with E-state index in [1.807, 2.05) is 41.5 Å². The number of hydrogen-bond acceptors (Lipinski definition) is 4. The molecule has 24 heavy (non-hydrogen) atoms. The summed E-state index contributed by atoms with van der Waals surface area (Å²) in [5, 5.41) is 15.6. The standard InChI is InChI=1S/C17H34N4O3/c1-7-18-14(19-11-17(5,6)12-22)21-9-8-13(10-21)20-15(23)24-16(2,3)4/h13,22H,7-12H2,1-6H3,(H,18,19)(H,20,23)/t13-/m1/s1. The van der Waals surface area contributed by atoms with Crippen LogP contribution in [0.3, 0.4) is 0 Å². The van der Waals surface area contributed by atoms with Gasteiger partial charge in [-0.15, -0.1) is 0 Å². The van der Waals surface area contributed by atoms with Crippen molar-refractivity contribution in [2.75, 3.05) is 32.8 Å². The number of rotatable bonds is 5. The number of carbonyl (C=O) groups excluding carboxylic acids is 1. The predicted octanol–water partition coefficient (Wildman–Crippen LogP) is 1.57. The average molecular weight is 342 g/mol. The summed E-state index contributed by atoms with van der Waals surface area (Å²) in [6.07, 6.45) is 0.477. The molecule has 1 amide bonds. The summed E-state index contributed by atoms with van der Waals surface area (Å²) in [4.78, 5) is 18.7. The fourth-order valence-electron chi connectivity index (χ4n) is 2.31. The van der Waals surface area contributed by atoms with Crippen LogP contribution in [0.15, 0.2) is 4.99 Å². The highest BCUT2D eigenvalue weighted by Crippen LogP contribution is 2.16. The summed E-state index contributed by atoms with van der Waals surface area (Å²) in [6, 6.07) is 0.0505. The van der Waals surface area contributed by atoms with E-state index in [1.54, 1.807) is 0 Å². The maximum Gasteiger partial charge on any atom is 0.407 e. The van der Waals surface area contributed by atoms with Crippen molar-refractivity contribution >= 4 is 12.1 Å². The summed E-state index contributed by atoms with van der Waals surface area (Å²) in [5.41, 5.74) is -0.733. The number of aliphatic hydroxyl groups excluding tert-OH is 1. The molecule has 1 aliphatic heterocycles.